The molecule has 2 rings (SSSR count). The van der Waals surface area contributed by atoms with E-state index in [1.54, 1.807) is 0 Å². The number of carbonyl (C=O) groups is 2. The second-order valence-corrected chi connectivity index (χ2v) is 11.9. The fourth-order valence-electron chi connectivity index (χ4n) is 2.76. The molecule has 0 radical (unpaired) electrons. The highest BCUT2D eigenvalue weighted by molar-refractivity contribution is 7.92. The molecule has 0 N–H and O–H groups in total. The normalized spacial score (nSPS) is 32.2. The van der Waals surface area contributed by atoms with E-state index in [2.05, 4.69) is 0 Å². The third kappa shape index (κ3) is 6.54. The number of hydrogen-bond acceptors (Lipinski definition) is 8. The molecule has 2 aliphatic heterocycles. The van der Waals surface area contributed by atoms with Crippen LogP contribution in [-0.2, 0) is 38.7 Å². The fourth-order valence-corrected chi connectivity index (χ4v) is 7.67. The first-order chi connectivity index (χ1) is 12.0. The molecule has 150 valence electrons. The van der Waals surface area contributed by atoms with Crippen molar-refractivity contribution in [2.45, 2.75) is 48.6 Å². The van der Waals surface area contributed by atoms with Gasteiger partial charge in [0.25, 0.3) is 0 Å². The molecule has 0 amide bonds. The van der Waals surface area contributed by atoms with Crippen LogP contribution in [0.3, 0.4) is 0 Å². The number of alkyl halides is 2. The van der Waals surface area contributed by atoms with Crippen molar-refractivity contribution in [3.8, 4) is 0 Å². The summed E-state index contributed by atoms with van der Waals surface area (Å²) in [5.41, 5.74) is 0. The van der Waals surface area contributed by atoms with E-state index in [0.717, 1.165) is 0 Å². The molecule has 4 atom stereocenters. The zero-order valence-corrected chi connectivity index (χ0v) is 16.9. The lowest BCUT2D eigenvalue weighted by molar-refractivity contribution is -0.150. The van der Waals surface area contributed by atoms with Crippen LogP contribution < -0.4 is 0 Å². The molecule has 2 heterocycles. The summed E-state index contributed by atoms with van der Waals surface area (Å²) in [4.78, 5) is 23.4. The Bertz CT molecular complexity index is 685. The topological polar surface area (TPSA) is 121 Å². The van der Waals surface area contributed by atoms with Gasteiger partial charge < -0.3 is 9.47 Å². The lowest BCUT2D eigenvalue weighted by atomic mass is 10.2. The standard InChI is InChI=1S/C14H20Cl2O8S2/c15-9-5-25(19,20)7-11(9)23-13(17)3-1-2-4-14(18)24-12-8-26(21,22)6-10(12)16/h9-12H,1-8H2/t9-,10-,11-,12+/m0/s1. The van der Waals surface area contributed by atoms with Crippen LogP contribution in [0.25, 0.3) is 0 Å². The third-order valence-corrected chi connectivity index (χ3v) is 8.69. The van der Waals surface area contributed by atoms with Gasteiger partial charge in [0, 0.05) is 12.8 Å². The van der Waals surface area contributed by atoms with Gasteiger partial charge >= 0.3 is 11.9 Å². The molecule has 0 aliphatic carbocycles. The fraction of sp³-hybridized carbons (Fsp3) is 0.857. The van der Waals surface area contributed by atoms with E-state index in [9.17, 15) is 26.4 Å². The van der Waals surface area contributed by atoms with Gasteiger partial charge in [0.05, 0.1) is 33.8 Å². The zero-order chi connectivity index (χ0) is 19.5. The van der Waals surface area contributed by atoms with Crippen molar-refractivity contribution in [1.82, 2.24) is 0 Å². The predicted octanol–water partition coefficient (Wildman–Crippen LogP) is 0.442. The Kier molecular flexibility index (Phi) is 7.20. The van der Waals surface area contributed by atoms with Crippen molar-refractivity contribution in [2.24, 2.45) is 0 Å². The Labute approximate surface area is 162 Å². The highest BCUT2D eigenvalue weighted by Gasteiger charge is 2.40. The van der Waals surface area contributed by atoms with Crippen molar-refractivity contribution < 1.29 is 35.9 Å². The Morgan fingerprint density at radius 1 is 0.731 bits per heavy atom. The molecule has 2 saturated heterocycles. The van der Waals surface area contributed by atoms with Crippen molar-refractivity contribution in [1.29, 1.82) is 0 Å². The number of esters is 2. The molecule has 0 spiro atoms. The van der Waals surface area contributed by atoms with Gasteiger partial charge in [-0.25, -0.2) is 16.8 Å². The van der Waals surface area contributed by atoms with E-state index in [0.29, 0.717) is 12.8 Å². The minimum absolute atomic E-state index is 0.0172. The van der Waals surface area contributed by atoms with Gasteiger partial charge in [-0.2, -0.15) is 0 Å². The van der Waals surface area contributed by atoms with Crippen molar-refractivity contribution >= 4 is 54.8 Å². The Balaban J connectivity index is 1.63. The second kappa shape index (κ2) is 8.62. The van der Waals surface area contributed by atoms with Gasteiger partial charge in [-0.05, 0) is 12.8 Å². The van der Waals surface area contributed by atoms with Gasteiger partial charge in [0.15, 0.2) is 19.7 Å². The zero-order valence-electron chi connectivity index (χ0n) is 13.8. The molecule has 0 aromatic carbocycles. The number of hydrogen-bond donors (Lipinski definition) is 0. The summed E-state index contributed by atoms with van der Waals surface area (Å²) < 4.78 is 55.7. The van der Waals surface area contributed by atoms with E-state index in [1.165, 1.54) is 0 Å². The molecule has 8 nitrogen and oxygen atoms in total. The Morgan fingerprint density at radius 3 is 1.35 bits per heavy atom. The lowest BCUT2D eigenvalue weighted by Gasteiger charge is -2.14. The SMILES string of the molecule is O=C(CCCCC(=O)O[C@@H]1CS(=O)(=O)C[C@@H]1Cl)O[C@H]1CS(=O)(=O)C[C@@H]1Cl. The van der Waals surface area contributed by atoms with E-state index < -0.39 is 54.6 Å². The van der Waals surface area contributed by atoms with Crippen LogP contribution in [0.15, 0.2) is 0 Å². The third-order valence-electron chi connectivity index (χ3n) is 4.05. The summed E-state index contributed by atoms with van der Waals surface area (Å²) in [6.07, 6.45) is -0.971. The Hall–Kier alpha value is -0.580. The summed E-state index contributed by atoms with van der Waals surface area (Å²) in [5.74, 6) is -2.12. The van der Waals surface area contributed by atoms with Crippen LogP contribution in [0.5, 0.6) is 0 Å². The maximum Gasteiger partial charge on any atom is 0.306 e. The molecule has 26 heavy (non-hydrogen) atoms. The smallest absolute Gasteiger partial charge is 0.306 e. The molecule has 0 bridgehead atoms. The van der Waals surface area contributed by atoms with E-state index in [-0.39, 0.29) is 35.9 Å². The summed E-state index contributed by atoms with van der Waals surface area (Å²) in [6.45, 7) is 0. The molecule has 0 unspecified atom stereocenters. The van der Waals surface area contributed by atoms with Gasteiger partial charge in [-0.3, -0.25) is 9.59 Å². The monoisotopic (exact) mass is 450 g/mol. The molecule has 0 saturated carbocycles. The Morgan fingerprint density at radius 2 is 1.08 bits per heavy atom. The maximum atomic E-state index is 11.7. The number of rotatable bonds is 7. The van der Waals surface area contributed by atoms with Crippen molar-refractivity contribution in [3.05, 3.63) is 0 Å². The van der Waals surface area contributed by atoms with E-state index >= 15 is 0 Å². The minimum Gasteiger partial charge on any atom is -0.460 e. The van der Waals surface area contributed by atoms with Gasteiger partial charge in [0.2, 0.25) is 0 Å². The molecule has 0 aromatic rings. The molecule has 0 aromatic heterocycles. The maximum absolute atomic E-state index is 11.7. The van der Waals surface area contributed by atoms with Crippen LogP contribution in [0.4, 0.5) is 0 Å². The summed E-state index contributed by atoms with van der Waals surface area (Å²) in [6, 6.07) is 0. The average Bonchev–Trinajstić information content (AvgIpc) is 2.88. The van der Waals surface area contributed by atoms with Crippen LogP contribution in [0.1, 0.15) is 25.7 Å². The summed E-state index contributed by atoms with van der Waals surface area (Å²) >= 11 is 11.7. The molecular formula is C14H20Cl2O8S2. The number of unbranched alkanes of at least 4 members (excludes halogenated alkanes) is 1. The quantitative estimate of drug-likeness (QED) is 0.311. The lowest BCUT2D eigenvalue weighted by Crippen LogP contribution is -2.26. The number of ether oxygens (including phenoxy) is 2. The van der Waals surface area contributed by atoms with Gasteiger partial charge in [-0.1, -0.05) is 0 Å². The number of halogens is 2. The highest BCUT2D eigenvalue weighted by atomic mass is 35.5. The first-order valence-electron chi connectivity index (χ1n) is 8.05. The number of carbonyl (C=O) groups excluding carboxylic acids is 2. The van der Waals surface area contributed by atoms with Crippen LogP contribution in [-0.4, -0.2) is 74.7 Å². The van der Waals surface area contributed by atoms with E-state index in [4.69, 9.17) is 32.7 Å². The van der Waals surface area contributed by atoms with Crippen LogP contribution >= 0.6 is 23.2 Å². The van der Waals surface area contributed by atoms with Gasteiger partial charge in [0.1, 0.15) is 12.2 Å². The molecule has 2 aliphatic rings. The molecule has 2 fully saturated rings. The largest absolute Gasteiger partial charge is 0.460 e. The van der Waals surface area contributed by atoms with Crippen LogP contribution in [0, 0.1) is 0 Å². The number of sulfone groups is 2. The molecule has 12 heteroatoms. The van der Waals surface area contributed by atoms with Crippen molar-refractivity contribution in [3.63, 3.8) is 0 Å². The average molecular weight is 451 g/mol. The first kappa shape index (κ1) is 21.7. The predicted molar refractivity (Wildman–Crippen MR) is 94.8 cm³/mol. The van der Waals surface area contributed by atoms with Crippen LogP contribution in [0.2, 0.25) is 0 Å². The minimum atomic E-state index is -3.28. The van der Waals surface area contributed by atoms with Crippen molar-refractivity contribution in [2.75, 3.05) is 23.0 Å². The van der Waals surface area contributed by atoms with E-state index in [1.807, 2.05) is 0 Å². The summed E-state index contributed by atoms with van der Waals surface area (Å²) in [7, 11) is -6.55. The van der Waals surface area contributed by atoms with Gasteiger partial charge in [-0.15, -0.1) is 23.2 Å². The second-order valence-electron chi connectivity index (χ2n) is 6.45. The summed E-state index contributed by atoms with van der Waals surface area (Å²) in [5, 5.41) is -1.49. The molecular weight excluding hydrogens is 431 g/mol. The first-order valence-corrected chi connectivity index (χ1v) is 12.6. The highest BCUT2D eigenvalue weighted by Crippen LogP contribution is 2.23.